The number of aromatic nitrogens is 3. The van der Waals surface area contributed by atoms with Gasteiger partial charge in [0.15, 0.2) is 11.5 Å². The number of pyridine rings is 1. The molecular weight excluding hydrogens is 374 g/mol. The van der Waals surface area contributed by atoms with Gasteiger partial charge in [-0.1, -0.05) is 42.5 Å². The standard InChI is InChI=1S/C24H23N5O/c1-29-17-27-23(26-16-20-11-13-25-14-12-20)22(29)24(30)28-21-9-7-19(8-10-21)15-18-5-3-2-4-6-18/h2-14,17,26H,15-16H2,1H3,(H,28,30). The highest BCUT2D eigenvalue weighted by atomic mass is 16.2. The summed E-state index contributed by atoms with van der Waals surface area (Å²) in [6.07, 6.45) is 5.97. The number of anilines is 2. The van der Waals surface area contributed by atoms with Crippen LogP contribution < -0.4 is 10.6 Å². The van der Waals surface area contributed by atoms with Gasteiger partial charge >= 0.3 is 0 Å². The largest absolute Gasteiger partial charge is 0.364 e. The average Bonchev–Trinajstić information content (AvgIpc) is 3.15. The van der Waals surface area contributed by atoms with Crippen molar-refractivity contribution in [3.05, 3.63) is 108 Å². The summed E-state index contributed by atoms with van der Waals surface area (Å²) in [4.78, 5) is 21.2. The van der Waals surface area contributed by atoms with Crippen molar-refractivity contribution >= 4 is 17.4 Å². The van der Waals surface area contributed by atoms with Gasteiger partial charge in [0.2, 0.25) is 0 Å². The first-order valence-electron chi connectivity index (χ1n) is 9.77. The molecule has 2 N–H and O–H groups in total. The second-order valence-corrected chi connectivity index (χ2v) is 7.08. The normalized spacial score (nSPS) is 10.6. The van der Waals surface area contributed by atoms with E-state index >= 15 is 0 Å². The summed E-state index contributed by atoms with van der Waals surface area (Å²) in [6, 6.07) is 22.1. The minimum atomic E-state index is -0.206. The van der Waals surface area contributed by atoms with Crippen LogP contribution >= 0.6 is 0 Å². The van der Waals surface area contributed by atoms with Crippen LogP contribution in [-0.4, -0.2) is 20.4 Å². The molecule has 0 bridgehead atoms. The maximum atomic E-state index is 12.9. The van der Waals surface area contributed by atoms with Crippen molar-refractivity contribution in [1.82, 2.24) is 14.5 Å². The Bertz CT molecular complexity index is 1110. The zero-order valence-electron chi connectivity index (χ0n) is 16.7. The number of hydrogen-bond acceptors (Lipinski definition) is 4. The van der Waals surface area contributed by atoms with Crippen LogP contribution in [0.1, 0.15) is 27.2 Å². The molecule has 4 rings (SSSR count). The number of aryl methyl sites for hydroxylation is 1. The van der Waals surface area contributed by atoms with Crippen LogP contribution in [0.15, 0.2) is 85.5 Å². The molecule has 0 aliphatic carbocycles. The number of carbonyl (C=O) groups is 1. The van der Waals surface area contributed by atoms with Gasteiger partial charge in [-0.3, -0.25) is 9.78 Å². The number of carbonyl (C=O) groups excluding carboxylic acids is 1. The van der Waals surface area contributed by atoms with Gasteiger partial charge in [-0.25, -0.2) is 4.98 Å². The Labute approximate surface area is 175 Å². The van der Waals surface area contributed by atoms with Gasteiger partial charge < -0.3 is 15.2 Å². The second-order valence-electron chi connectivity index (χ2n) is 7.08. The summed E-state index contributed by atoms with van der Waals surface area (Å²) in [5.74, 6) is 0.343. The second kappa shape index (κ2) is 9.05. The molecule has 0 radical (unpaired) electrons. The first kappa shape index (κ1) is 19.4. The lowest BCUT2D eigenvalue weighted by atomic mass is 10.0. The third kappa shape index (κ3) is 4.72. The van der Waals surface area contributed by atoms with Crippen LogP contribution in [0.4, 0.5) is 11.5 Å². The van der Waals surface area contributed by atoms with Crippen molar-refractivity contribution in [2.45, 2.75) is 13.0 Å². The first-order chi connectivity index (χ1) is 14.7. The summed E-state index contributed by atoms with van der Waals surface area (Å²) in [7, 11) is 1.81. The molecule has 0 fully saturated rings. The van der Waals surface area contributed by atoms with E-state index in [1.807, 2.05) is 61.6 Å². The molecule has 2 heterocycles. The van der Waals surface area contributed by atoms with Gasteiger partial charge in [-0.2, -0.15) is 0 Å². The lowest BCUT2D eigenvalue weighted by Crippen LogP contribution is -2.17. The van der Waals surface area contributed by atoms with E-state index < -0.39 is 0 Å². The Morgan fingerprint density at radius 3 is 2.33 bits per heavy atom. The number of imidazole rings is 1. The number of hydrogen-bond donors (Lipinski definition) is 2. The van der Waals surface area contributed by atoms with E-state index in [9.17, 15) is 4.79 Å². The van der Waals surface area contributed by atoms with E-state index in [0.717, 1.165) is 17.7 Å². The molecule has 0 aliphatic rings. The highest BCUT2D eigenvalue weighted by molar-refractivity contribution is 6.06. The van der Waals surface area contributed by atoms with E-state index in [-0.39, 0.29) is 5.91 Å². The minimum Gasteiger partial charge on any atom is -0.364 e. The maximum Gasteiger partial charge on any atom is 0.276 e. The van der Waals surface area contributed by atoms with Crippen LogP contribution in [0.2, 0.25) is 0 Å². The first-order valence-corrected chi connectivity index (χ1v) is 9.77. The van der Waals surface area contributed by atoms with E-state index in [4.69, 9.17) is 0 Å². The highest BCUT2D eigenvalue weighted by Crippen LogP contribution is 2.18. The predicted octanol–water partition coefficient (Wildman–Crippen LogP) is 4.27. The van der Waals surface area contributed by atoms with Crippen molar-refractivity contribution in [2.24, 2.45) is 7.05 Å². The van der Waals surface area contributed by atoms with Gasteiger partial charge in [0.25, 0.3) is 5.91 Å². The molecular formula is C24H23N5O. The quantitative estimate of drug-likeness (QED) is 0.489. The maximum absolute atomic E-state index is 12.9. The zero-order valence-corrected chi connectivity index (χ0v) is 16.7. The Kier molecular flexibility index (Phi) is 5.85. The van der Waals surface area contributed by atoms with Crippen LogP contribution in [0.3, 0.4) is 0 Å². The molecule has 0 unspecified atom stereocenters. The molecule has 1 amide bonds. The third-order valence-electron chi connectivity index (χ3n) is 4.82. The lowest BCUT2D eigenvalue weighted by molar-refractivity contribution is 0.102. The molecule has 6 heteroatoms. The number of rotatable bonds is 7. The van der Waals surface area contributed by atoms with Crippen molar-refractivity contribution in [3.63, 3.8) is 0 Å². The summed E-state index contributed by atoms with van der Waals surface area (Å²) in [6.45, 7) is 0.563. The van der Waals surface area contributed by atoms with Crippen LogP contribution in [0, 0.1) is 0 Å². The zero-order chi connectivity index (χ0) is 20.8. The fourth-order valence-corrected chi connectivity index (χ4v) is 3.24. The molecule has 0 aliphatic heterocycles. The Balaban J connectivity index is 1.42. The Morgan fingerprint density at radius 1 is 0.900 bits per heavy atom. The monoisotopic (exact) mass is 397 g/mol. The number of benzene rings is 2. The molecule has 0 saturated carbocycles. The van der Waals surface area contributed by atoms with Crippen molar-refractivity contribution < 1.29 is 4.79 Å². The van der Waals surface area contributed by atoms with E-state index in [0.29, 0.717) is 18.1 Å². The van der Waals surface area contributed by atoms with Crippen LogP contribution in [-0.2, 0) is 20.0 Å². The summed E-state index contributed by atoms with van der Waals surface area (Å²) >= 11 is 0. The van der Waals surface area contributed by atoms with Gasteiger partial charge in [0.1, 0.15) is 0 Å². The van der Waals surface area contributed by atoms with E-state index in [2.05, 4.69) is 32.7 Å². The van der Waals surface area contributed by atoms with Gasteiger partial charge in [-0.15, -0.1) is 0 Å². The predicted molar refractivity (Wildman–Crippen MR) is 118 cm³/mol. The average molecular weight is 397 g/mol. The molecule has 30 heavy (non-hydrogen) atoms. The number of amides is 1. The Hall–Kier alpha value is -3.93. The molecule has 4 aromatic rings. The fraction of sp³-hybridized carbons (Fsp3) is 0.125. The molecule has 150 valence electrons. The molecule has 0 atom stereocenters. The number of nitrogens with zero attached hydrogens (tertiary/aromatic N) is 3. The van der Waals surface area contributed by atoms with Gasteiger partial charge in [0, 0.05) is 31.7 Å². The minimum absolute atomic E-state index is 0.206. The topological polar surface area (TPSA) is 71.8 Å². The van der Waals surface area contributed by atoms with Crippen molar-refractivity contribution in [2.75, 3.05) is 10.6 Å². The molecule has 2 aromatic carbocycles. The van der Waals surface area contributed by atoms with Gasteiger partial charge in [-0.05, 0) is 47.4 Å². The molecule has 0 saturated heterocycles. The smallest absolute Gasteiger partial charge is 0.276 e. The molecule has 2 aromatic heterocycles. The van der Waals surface area contributed by atoms with Crippen LogP contribution in [0.25, 0.3) is 0 Å². The number of nitrogens with one attached hydrogen (secondary N) is 2. The van der Waals surface area contributed by atoms with E-state index in [1.165, 1.54) is 11.1 Å². The summed E-state index contributed by atoms with van der Waals surface area (Å²) in [5, 5.41) is 6.20. The van der Waals surface area contributed by atoms with Gasteiger partial charge in [0.05, 0.1) is 6.33 Å². The lowest BCUT2D eigenvalue weighted by Gasteiger charge is -2.10. The van der Waals surface area contributed by atoms with Crippen molar-refractivity contribution in [3.8, 4) is 0 Å². The molecule has 0 spiro atoms. The SMILES string of the molecule is Cn1cnc(NCc2ccncc2)c1C(=O)Nc1ccc(Cc2ccccc2)cc1. The summed E-state index contributed by atoms with van der Waals surface area (Å²) in [5.41, 5.74) is 4.75. The third-order valence-corrected chi connectivity index (χ3v) is 4.82. The van der Waals surface area contributed by atoms with Crippen molar-refractivity contribution in [1.29, 1.82) is 0 Å². The molecule has 6 nitrogen and oxygen atoms in total. The highest BCUT2D eigenvalue weighted by Gasteiger charge is 2.17. The van der Waals surface area contributed by atoms with Crippen LogP contribution in [0.5, 0.6) is 0 Å². The van der Waals surface area contributed by atoms with E-state index in [1.54, 1.807) is 23.3 Å². The Morgan fingerprint density at radius 2 is 1.60 bits per heavy atom. The summed E-state index contributed by atoms with van der Waals surface area (Å²) < 4.78 is 1.72. The fourth-order valence-electron chi connectivity index (χ4n) is 3.24.